The Balaban J connectivity index is 1.77. The highest BCUT2D eigenvalue weighted by atomic mass is 16.2. The normalized spacial score (nSPS) is 24.5. The molecular weight excluding hydrogens is 282 g/mol. The van der Waals surface area contributed by atoms with Crippen LogP contribution in [0.2, 0.25) is 0 Å². The lowest BCUT2D eigenvalue weighted by Crippen LogP contribution is -2.31. The molecule has 2 nitrogen and oxygen atoms in total. The summed E-state index contributed by atoms with van der Waals surface area (Å²) in [6.45, 7) is 0. The van der Waals surface area contributed by atoms with Crippen LogP contribution in [0, 0.1) is 5.92 Å². The molecule has 2 aromatic carbocycles. The Morgan fingerprint density at radius 2 is 1.57 bits per heavy atom. The average Bonchev–Trinajstić information content (AvgIpc) is 2.95. The Morgan fingerprint density at radius 1 is 0.957 bits per heavy atom. The van der Waals surface area contributed by atoms with Crippen LogP contribution in [0.5, 0.6) is 0 Å². The number of hydrogen-bond acceptors (Lipinski definition) is 1. The molecule has 2 aliphatic rings. The third kappa shape index (κ3) is 2.37. The number of carbonyl (C=O) groups excluding carboxylic acids is 1. The van der Waals surface area contributed by atoms with E-state index < -0.39 is 0 Å². The first-order valence-electron chi connectivity index (χ1n) is 8.51. The van der Waals surface area contributed by atoms with E-state index in [1.807, 2.05) is 14.1 Å². The molecule has 3 atom stereocenters. The van der Waals surface area contributed by atoms with Gasteiger partial charge in [-0.2, -0.15) is 0 Å². The minimum absolute atomic E-state index is 0.248. The van der Waals surface area contributed by atoms with Gasteiger partial charge < -0.3 is 4.90 Å². The molecule has 1 amide bonds. The maximum absolute atomic E-state index is 12.3. The van der Waals surface area contributed by atoms with Crippen LogP contribution in [0.3, 0.4) is 0 Å². The predicted molar refractivity (Wildman–Crippen MR) is 92.6 cm³/mol. The third-order valence-corrected chi connectivity index (χ3v) is 5.67. The lowest BCUT2D eigenvalue weighted by Gasteiger charge is -2.36. The van der Waals surface area contributed by atoms with Crippen LogP contribution in [0.25, 0.3) is 0 Å². The van der Waals surface area contributed by atoms with Gasteiger partial charge in [0.2, 0.25) is 5.91 Å². The third-order valence-electron chi connectivity index (χ3n) is 5.67. The van der Waals surface area contributed by atoms with Gasteiger partial charge in [-0.05, 0) is 52.8 Å². The lowest BCUT2D eigenvalue weighted by atomic mass is 9.68. The Kier molecular flexibility index (Phi) is 3.48. The van der Waals surface area contributed by atoms with Crippen molar-refractivity contribution in [2.24, 2.45) is 5.92 Å². The van der Waals surface area contributed by atoms with Crippen molar-refractivity contribution in [3.05, 3.63) is 70.8 Å². The Labute approximate surface area is 138 Å². The summed E-state index contributed by atoms with van der Waals surface area (Å²) in [5.41, 5.74) is 5.89. The molecule has 0 bridgehead atoms. The van der Waals surface area contributed by atoms with Gasteiger partial charge in [-0.15, -0.1) is 0 Å². The van der Waals surface area contributed by atoms with E-state index in [0.29, 0.717) is 24.2 Å². The van der Waals surface area contributed by atoms with Crippen molar-refractivity contribution in [2.75, 3.05) is 14.1 Å². The van der Waals surface area contributed by atoms with Crippen LogP contribution < -0.4 is 0 Å². The molecule has 0 N–H and O–H groups in total. The van der Waals surface area contributed by atoms with Crippen LogP contribution in [0.1, 0.15) is 40.5 Å². The van der Waals surface area contributed by atoms with E-state index in [2.05, 4.69) is 48.5 Å². The zero-order chi connectivity index (χ0) is 16.0. The number of carbonyl (C=O) groups is 1. The van der Waals surface area contributed by atoms with E-state index in [4.69, 9.17) is 0 Å². The summed E-state index contributed by atoms with van der Waals surface area (Å²) in [6, 6.07) is 17.7. The van der Waals surface area contributed by atoms with Crippen molar-refractivity contribution < 1.29 is 4.79 Å². The first-order chi connectivity index (χ1) is 11.1. The fraction of sp³-hybridized carbons (Fsp3) is 0.381. The second-order valence-corrected chi connectivity index (χ2v) is 7.19. The van der Waals surface area contributed by atoms with Gasteiger partial charge in [0.15, 0.2) is 0 Å². The van der Waals surface area contributed by atoms with Crippen molar-refractivity contribution in [2.45, 2.75) is 31.1 Å². The van der Waals surface area contributed by atoms with Crippen molar-refractivity contribution in [1.82, 2.24) is 4.90 Å². The van der Waals surface area contributed by atoms with Crippen molar-refractivity contribution in [3.63, 3.8) is 0 Å². The summed E-state index contributed by atoms with van der Waals surface area (Å²) in [7, 11) is 3.72. The summed E-state index contributed by atoms with van der Waals surface area (Å²) in [4.78, 5) is 14.1. The highest BCUT2D eigenvalue weighted by molar-refractivity contribution is 5.76. The van der Waals surface area contributed by atoms with Crippen LogP contribution in [0.15, 0.2) is 48.5 Å². The van der Waals surface area contributed by atoms with Gasteiger partial charge in [0.25, 0.3) is 0 Å². The van der Waals surface area contributed by atoms with Gasteiger partial charge >= 0.3 is 0 Å². The van der Waals surface area contributed by atoms with Gasteiger partial charge in [0.1, 0.15) is 0 Å². The standard InChI is InChI=1S/C21H23NO/c1-22(2)20(23)13-16-11-14-7-3-5-9-17(14)19-12-15-8-4-6-10-18(15)21(16)19/h3-10,16,19,21H,11-13H2,1-2H3. The summed E-state index contributed by atoms with van der Waals surface area (Å²) in [5, 5.41) is 0. The predicted octanol–water partition coefficient (Wildman–Crippen LogP) is 3.76. The monoisotopic (exact) mass is 305 g/mol. The van der Waals surface area contributed by atoms with Gasteiger partial charge in [0, 0.05) is 20.5 Å². The molecule has 2 aliphatic carbocycles. The number of benzene rings is 2. The smallest absolute Gasteiger partial charge is 0.222 e. The molecule has 0 saturated heterocycles. The lowest BCUT2D eigenvalue weighted by molar-refractivity contribution is -0.129. The van der Waals surface area contributed by atoms with Crippen LogP contribution >= 0.6 is 0 Å². The summed E-state index contributed by atoms with van der Waals surface area (Å²) < 4.78 is 0. The zero-order valence-corrected chi connectivity index (χ0v) is 13.8. The zero-order valence-electron chi connectivity index (χ0n) is 13.8. The van der Waals surface area contributed by atoms with E-state index in [1.54, 1.807) is 4.90 Å². The molecule has 0 heterocycles. The first kappa shape index (κ1) is 14.5. The molecule has 2 heteroatoms. The van der Waals surface area contributed by atoms with Crippen LogP contribution in [-0.2, 0) is 17.6 Å². The van der Waals surface area contributed by atoms with E-state index >= 15 is 0 Å². The minimum Gasteiger partial charge on any atom is -0.349 e. The molecule has 2 aromatic rings. The number of amides is 1. The summed E-state index contributed by atoms with van der Waals surface area (Å²) in [6.07, 6.45) is 2.78. The molecule has 118 valence electrons. The highest BCUT2D eigenvalue weighted by Crippen LogP contribution is 2.53. The number of nitrogens with zero attached hydrogens (tertiary/aromatic N) is 1. The van der Waals surface area contributed by atoms with E-state index in [0.717, 1.165) is 12.8 Å². The number of rotatable bonds is 2. The quantitative estimate of drug-likeness (QED) is 0.827. The molecule has 0 fully saturated rings. The maximum Gasteiger partial charge on any atom is 0.222 e. The fourth-order valence-corrected chi connectivity index (χ4v) is 4.61. The highest BCUT2D eigenvalue weighted by Gasteiger charge is 2.43. The van der Waals surface area contributed by atoms with Gasteiger partial charge in [0.05, 0.1) is 0 Å². The summed E-state index contributed by atoms with van der Waals surface area (Å²) in [5.74, 6) is 1.69. The maximum atomic E-state index is 12.3. The number of hydrogen-bond donors (Lipinski definition) is 0. The Hall–Kier alpha value is -2.09. The largest absolute Gasteiger partial charge is 0.349 e. The average molecular weight is 305 g/mol. The van der Waals surface area contributed by atoms with Gasteiger partial charge in [-0.1, -0.05) is 48.5 Å². The molecule has 23 heavy (non-hydrogen) atoms. The molecule has 0 saturated carbocycles. The number of fused-ring (bicyclic) bond motifs is 5. The van der Waals surface area contributed by atoms with E-state index in [9.17, 15) is 4.79 Å². The van der Waals surface area contributed by atoms with E-state index in [1.165, 1.54) is 22.3 Å². The fourth-order valence-electron chi connectivity index (χ4n) is 4.61. The molecule has 0 spiro atoms. The minimum atomic E-state index is 0.248. The van der Waals surface area contributed by atoms with Crippen molar-refractivity contribution in [1.29, 1.82) is 0 Å². The topological polar surface area (TPSA) is 20.3 Å². The van der Waals surface area contributed by atoms with E-state index in [-0.39, 0.29) is 5.91 Å². The van der Waals surface area contributed by atoms with Crippen LogP contribution in [0.4, 0.5) is 0 Å². The van der Waals surface area contributed by atoms with Crippen molar-refractivity contribution >= 4 is 5.91 Å². The SMILES string of the molecule is CN(C)C(=O)CC1Cc2ccccc2C2Cc3ccccc3C12. The molecule has 4 rings (SSSR count). The first-order valence-corrected chi connectivity index (χ1v) is 8.51. The molecule has 3 unspecified atom stereocenters. The molecule has 0 radical (unpaired) electrons. The Bertz CT molecular complexity index is 749. The van der Waals surface area contributed by atoms with Crippen molar-refractivity contribution in [3.8, 4) is 0 Å². The van der Waals surface area contributed by atoms with Crippen LogP contribution in [-0.4, -0.2) is 24.9 Å². The van der Waals surface area contributed by atoms with Gasteiger partial charge in [-0.25, -0.2) is 0 Å². The second-order valence-electron chi connectivity index (χ2n) is 7.19. The molecular formula is C21H23NO. The van der Waals surface area contributed by atoms with Gasteiger partial charge in [-0.3, -0.25) is 4.79 Å². The Morgan fingerprint density at radius 3 is 2.26 bits per heavy atom. The second kappa shape index (κ2) is 5.52. The molecule has 0 aliphatic heterocycles. The summed E-state index contributed by atoms with van der Waals surface area (Å²) >= 11 is 0. The molecule has 0 aromatic heterocycles.